The van der Waals surface area contributed by atoms with Crippen LogP contribution in [0.5, 0.6) is 11.5 Å². The molecule has 0 aliphatic carbocycles. The van der Waals surface area contributed by atoms with Crippen LogP contribution in [0, 0.1) is 17.7 Å². The van der Waals surface area contributed by atoms with Gasteiger partial charge in [-0.2, -0.15) is 0 Å². The zero-order valence-electron chi connectivity index (χ0n) is 18.9. The van der Waals surface area contributed by atoms with E-state index < -0.39 is 47.0 Å². The van der Waals surface area contributed by atoms with Crippen molar-refractivity contribution in [3.05, 3.63) is 89.2 Å². The average molecular weight is 487 g/mol. The first-order valence-corrected chi connectivity index (χ1v) is 11.6. The standard InChI is InChI=1S/C27H22FN3O5/c28-16-8-5-14(6-9-16)13-31-24(34)22-19(11-15-7-10-20(32)21(33)12-15)30-27(23(22)25(31)35)17-3-1-2-4-18(17)29-26(27)36/h1-10,12,19,22-23,30,32-33H,11,13H2,(H,29,36)/t19?,22-,23+,27?/m0/s1. The van der Waals surface area contributed by atoms with E-state index in [2.05, 4.69) is 10.6 Å². The summed E-state index contributed by atoms with van der Waals surface area (Å²) in [6.07, 6.45) is 0.232. The first kappa shape index (κ1) is 22.2. The fourth-order valence-corrected chi connectivity index (χ4v) is 5.87. The Hall–Kier alpha value is -4.24. The van der Waals surface area contributed by atoms with E-state index in [1.54, 1.807) is 30.3 Å². The maximum Gasteiger partial charge on any atom is 0.250 e. The Morgan fingerprint density at radius 2 is 1.61 bits per heavy atom. The highest BCUT2D eigenvalue weighted by atomic mass is 19.1. The number of phenolic OH excluding ortho intramolecular Hbond substituents is 2. The molecule has 3 aromatic carbocycles. The molecule has 0 saturated carbocycles. The van der Waals surface area contributed by atoms with Crippen LogP contribution in [0.4, 0.5) is 10.1 Å². The number of hydrogen-bond acceptors (Lipinski definition) is 6. The summed E-state index contributed by atoms with van der Waals surface area (Å²) < 4.78 is 13.4. The Balaban J connectivity index is 1.43. The number of carbonyl (C=O) groups is 3. The van der Waals surface area contributed by atoms with Crippen LogP contribution in [-0.4, -0.2) is 38.9 Å². The van der Waals surface area contributed by atoms with E-state index in [1.807, 2.05) is 0 Å². The molecule has 0 aromatic heterocycles. The molecule has 2 unspecified atom stereocenters. The third kappa shape index (κ3) is 3.12. The van der Waals surface area contributed by atoms with Crippen LogP contribution >= 0.6 is 0 Å². The normalized spacial score (nSPS) is 26.4. The number of amides is 3. The van der Waals surface area contributed by atoms with Gasteiger partial charge in [-0.05, 0) is 47.9 Å². The molecule has 3 aromatic rings. The van der Waals surface area contributed by atoms with Crippen molar-refractivity contribution in [3.63, 3.8) is 0 Å². The Bertz CT molecular complexity index is 1430. The van der Waals surface area contributed by atoms with E-state index in [0.717, 1.165) is 4.90 Å². The molecule has 0 radical (unpaired) electrons. The van der Waals surface area contributed by atoms with E-state index in [0.29, 0.717) is 22.4 Å². The number of para-hydroxylation sites is 1. The van der Waals surface area contributed by atoms with Crippen molar-refractivity contribution in [1.29, 1.82) is 0 Å². The topological polar surface area (TPSA) is 119 Å². The maximum atomic E-state index is 13.8. The smallest absolute Gasteiger partial charge is 0.250 e. The zero-order valence-corrected chi connectivity index (χ0v) is 18.9. The summed E-state index contributed by atoms with van der Waals surface area (Å²) in [5.74, 6) is -4.10. The predicted octanol–water partition coefficient (Wildman–Crippen LogP) is 2.40. The second kappa shape index (κ2) is 7.89. The summed E-state index contributed by atoms with van der Waals surface area (Å²) in [5.41, 5.74) is 0.966. The second-order valence-corrected chi connectivity index (χ2v) is 9.48. The average Bonchev–Trinajstić information content (AvgIpc) is 3.43. The molecular formula is C27H22FN3O5. The number of nitrogens with one attached hydrogen (secondary N) is 2. The SMILES string of the molecule is O=C1[C@H]2C(Cc3ccc(O)c(O)c3)NC3(C(=O)Nc4ccccc43)[C@H]2C(=O)N1Cc1ccc(F)cc1. The number of aromatic hydroxyl groups is 2. The molecule has 4 atom stereocenters. The number of halogens is 1. The molecule has 2 fully saturated rings. The van der Waals surface area contributed by atoms with Crippen LogP contribution in [-0.2, 0) is 32.9 Å². The number of nitrogens with zero attached hydrogens (tertiary/aromatic N) is 1. The zero-order chi connectivity index (χ0) is 25.2. The van der Waals surface area contributed by atoms with Crippen LogP contribution in [0.15, 0.2) is 66.7 Å². The molecule has 3 aliphatic rings. The van der Waals surface area contributed by atoms with Crippen molar-refractivity contribution in [2.45, 2.75) is 24.5 Å². The van der Waals surface area contributed by atoms with Crippen molar-refractivity contribution in [1.82, 2.24) is 10.2 Å². The first-order valence-electron chi connectivity index (χ1n) is 11.6. The highest BCUT2D eigenvalue weighted by Gasteiger charge is 2.70. The van der Waals surface area contributed by atoms with Gasteiger partial charge in [-0.25, -0.2) is 4.39 Å². The van der Waals surface area contributed by atoms with Gasteiger partial charge < -0.3 is 15.5 Å². The van der Waals surface area contributed by atoms with E-state index >= 15 is 0 Å². The number of carbonyl (C=O) groups excluding carboxylic acids is 3. The molecule has 182 valence electrons. The van der Waals surface area contributed by atoms with Gasteiger partial charge in [0.15, 0.2) is 11.5 Å². The van der Waals surface area contributed by atoms with Crippen molar-refractivity contribution in [3.8, 4) is 11.5 Å². The highest BCUT2D eigenvalue weighted by Crippen LogP contribution is 2.53. The third-order valence-electron chi connectivity index (χ3n) is 7.46. The van der Waals surface area contributed by atoms with E-state index in [4.69, 9.17) is 0 Å². The molecule has 36 heavy (non-hydrogen) atoms. The number of hydrogen-bond donors (Lipinski definition) is 4. The summed E-state index contributed by atoms with van der Waals surface area (Å²) in [6, 6.07) is 16.4. The van der Waals surface area contributed by atoms with Crippen molar-refractivity contribution < 1.29 is 29.0 Å². The lowest BCUT2D eigenvalue weighted by Crippen LogP contribution is -2.53. The third-order valence-corrected chi connectivity index (χ3v) is 7.46. The van der Waals surface area contributed by atoms with Gasteiger partial charge in [0.2, 0.25) is 17.7 Å². The van der Waals surface area contributed by atoms with E-state index in [1.165, 1.54) is 36.4 Å². The Morgan fingerprint density at radius 1 is 0.889 bits per heavy atom. The van der Waals surface area contributed by atoms with Crippen LogP contribution in [0.1, 0.15) is 16.7 Å². The van der Waals surface area contributed by atoms with Crippen molar-refractivity contribution >= 4 is 23.4 Å². The number of fused-ring (bicyclic) bond motifs is 4. The lowest BCUT2D eigenvalue weighted by Gasteiger charge is -2.29. The number of anilines is 1. The summed E-state index contributed by atoms with van der Waals surface area (Å²) in [7, 11) is 0. The minimum Gasteiger partial charge on any atom is -0.504 e. The summed E-state index contributed by atoms with van der Waals surface area (Å²) in [6.45, 7) is -0.0307. The highest BCUT2D eigenvalue weighted by molar-refractivity contribution is 6.15. The second-order valence-electron chi connectivity index (χ2n) is 9.48. The fourth-order valence-electron chi connectivity index (χ4n) is 5.87. The molecule has 3 amide bonds. The van der Waals surface area contributed by atoms with Gasteiger partial charge in [-0.1, -0.05) is 36.4 Å². The van der Waals surface area contributed by atoms with E-state index in [-0.39, 0.29) is 24.5 Å². The maximum absolute atomic E-state index is 13.8. The van der Waals surface area contributed by atoms with Gasteiger partial charge in [0.1, 0.15) is 11.4 Å². The Morgan fingerprint density at radius 3 is 2.36 bits per heavy atom. The van der Waals surface area contributed by atoms with Crippen LogP contribution in [0.2, 0.25) is 0 Å². The van der Waals surface area contributed by atoms with Gasteiger partial charge >= 0.3 is 0 Å². The van der Waals surface area contributed by atoms with E-state index in [9.17, 15) is 29.0 Å². The number of rotatable bonds is 4. The molecule has 6 rings (SSSR count). The minimum absolute atomic E-state index is 0.0307. The molecule has 3 aliphatic heterocycles. The van der Waals surface area contributed by atoms with Crippen molar-refractivity contribution in [2.75, 3.05) is 5.32 Å². The predicted molar refractivity (Wildman–Crippen MR) is 126 cm³/mol. The van der Waals surface area contributed by atoms with Crippen molar-refractivity contribution in [2.24, 2.45) is 11.8 Å². The van der Waals surface area contributed by atoms with Gasteiger partial charge in [0.25, 0.3) is 0 Å². The van der Waals surface area contributed by atoms with Crippen LogP contribution in [0.3, 0.4) is 0 Å². The number of imide groups is 1. The van der Waals surface area contributed by atoms with Gasteiger partial charge in [0.05, 0.1) is 18.4 Å². The molecule has 4 N–H and O–H groups in total. The van der Waals surface area contributed by atoms with Gasteiger partial charge in [-0.3, -0.25) is 24.6 Å². The summed E-state index contributed by atoms with van der Waals surface area (Å²) >= 11 is 0. The van der Waals surface area contributed by atoms with Gasteiger partial charge in [0, 0.05) is 17.3 Å². The summed E-state index contributed by atoms with van der Waals surface area (Å²) in [4.78, 5) is 42.2. The largest absolute Gasteiger partial charge is 0.504 e. The number of benzene rings is 3. The monoisotopic (exact) mass is 487 g/mol. The first-order chi connectivity index (χ1) is 17.3. The Labute approximate surface area is 205 Å². The van der Waals surface area contributed by atoms with Gasteiger partial charge in [-0.15, -0.1) is 0 Å². The lowest BCUT2D eigenvalue weighted by molar-refractivity contribution is -0.143. The summed E-state index contributed by atoms with van der Waals surface area (Å²) in [5, 5.41) is 25.8. The molecular weight excluding hydrogens is 465 g/mol. The number of phenols is 2. The Kier molecular flexibility index (Phi) is 4.87. The quantitative estimate of drug-likeness (QED) is 0.332. The molecule has 2 saturated heterocycles. The van der Waals surface area contributed by atoms with Crippen LogP contribution < -0.4 is 10.6 Å². The molecule has 1 spiro atoms. The minimum atomic E-state index is -1.44. The molecule has 9 heteroatoms. The van der Waals surface area contributed by atoms with Crippen LogP contribution in [0.25, 0.3) is 0 Å². The molecule has 8 nitrogen and oxygen atoms in total. The molecule has 3 heterocycles. The molecule has 0 bridgehead atoms. The fraction of sp³-hybridized carbons (Fsp3) is 0.222. The lowest BCUT2D eigenvalue weighted by atomic mass is 9.76. The number of likely N-dealkylation sites (tertiary alicyclic amines) is 1.